The summed E-state index contributed by atoms with van der Waals surface area (Å²) in [5.74, 6) is -0.524. The lowest BCUT2D eigenvalue weighted by Gasteiger charge is -2.31. The van der Waals surface area contributed by atoms with Gasteiger partial charge < -0.3 is 10.6 Å². The Balaban J connectivity index is 0.932. The largest absolute Gasteiger partial charge is 0.356 e. The Hall–Kier alpha value is -4.78. The highest BCUT2D eigenvalue weighted by Gasteiger charge is 2.35. The summed E-state index contributed by atoms with van der Waals surface area (Å²) in [6.07, 6.45) is 11.8. The van der Waals surface area contributed by atoms with Gasteiger partial charge in [-0.1, -0.05) is 166 Å². The summed E-state index contributed by atoms with van der Waals surface area (Å²) in [6, 6.07) is 28.3. The highest BCUT2D eigenvalue weighted by molar-refractivity contribution is 6.25. The van der Waals surface area contributed by atoms with E-state index in [0.29, 0.717) is 30.6 Å². The van der Waals surface area contributed by atoms with Crippen LogP contribution in [-0.4, -0.2) is 41.6 Å². The zero-order valence-corrected chi connectivity index (χ0v) is 35.3. The second kappa shape index (κ2) is 20.1. The molecule has 0 aromatic heterocycles. The van der Waals surface area contributed by atoms with Gasteiger partial charge in [0.25, 0.3) is 11.8 Å². The summed E-state index contributed by atoms with van der Waals surface area (Å²) < 4.78 is 0. The molecule has 1 heterocycles. The van der Waals surface area contributed by atoms with Crippen molar-refractivity contribution in [3.8, 4) is 0 Å². The first-order chi connectivity index (χ1) is 27.2. The molecule has 304 valence electrons. The molecular formula is C50H65N3O4. The molecule has 7 nitrogen and oxygen atoms in total. The molecule has 1 aliphatic rings. The van der Waals surface area contributed by atoms with Gasteiger partial charge in [0.15, 0.2) is 0 Å². The van der Waals surface area contributed by atoms with E-state index in [0.717, 1.165) is 78.0 Å². The molecule has 1 unspecified atom stereocenters. The summed E-state index contributed by atoms with van der Waals surface area (Å²) in [5.41, 5.74) is 5.49. The maximum atomic E-state index is 13.8. The lowest BCUT2D eigenvalue weighted by molar-refractivity contribution is -0.126. The first-order valence-electron chi connectivity index (χ1n) is 21.4. The summed E-state index contributed by atoms with van der Waals surface area (Å²) >= 11 is 0. The number of amides is 4. The number of nitrogens with zero attached hydrogens (tertiary/aromatic N) is 1. The van der Waals surface area contributed by atoms with Gasteiger partial charge in [-0.05, 0) is 69.9 Å². The van der Waals surface area contributed by atoms with Crippen molar-refractivity contribution in [2.24, 2.45) is 0 Å². The molecule has 5 rings (SSSR count). The van der Waals surface area contributed by atoms with Crippen molar-refractivity contribution in [3.05, 3.63) is 118 Å². The number of imide groups is 1. The smallest absolute Gasteiger partial charge is 0.261 e. The number of unbranched alkanes of at least 4 members (excludes halogenated alkanes) is 9. The number of rotatable bonds is 20. The van der Waals surface area contributed by atoms with Gasteiger partial charge in [-0.15, -0.1) is 0 Å². The van der Waals surface area contributed by atoms with E-state index >= 15 is 0 Å². The second-order valence-electron chi connectivity index (χ2n) is 18.0. The number of hydrogen-bond acceptors (Lipinski definition) is 4. The van der Waals surface area contributed by atoms with Crippen molar-refractivity contribution >= 4 is 34.4 Å². The van der Waals surface area contributed by atoms with E-state index in [2.05, 4.69) is 76.4 Å². The number of hydrogen-bond donors (Lipinski definition) is 2. The fourth-order valence-corrected chi connectivity index (χ4v) is 7.71. The molecule has 0 bridgehead atoms. The Kier molecular flexibility index (Phi) is 15.3. The molecule has 2 N–H and O–H groups in total. The summed E-state index contributed by atoms with van der Waals surface area (Å²) in [4.78, 5) is 54.3. The first-order valence-corrected chi connectivity index (χ1v) is 21.4. The Morgan fingerprint density at radius 2 is 1.07 bits per heavy atom. The van der Waals surface area contributed by atoms with E-state index in [1.165, 1.54) is 24.2 Å². The van der Waals surface area contributed by atoms with Crippen LogP contribution in [0.5, 0.6) is 0 Å². The predicted molar refractivity (Wildman–Crippen MR) is 233 cm³/mol. The SMILES string of the molecule is CC(C)(C)c1cc2c3c(cc(C(C)(C)C)cc3c1)C(=O)N(CCCCCCCCCCCCNC(=O)CCC(=O)NC(Cc1ccccc1)c1ccccc1)C2=O. The zero-order valence-electron chi connectivity index (χ0n) is 35.3. The minimum atomic E-state index is -0.165. The lowest BCUT2D eigenvalue weighted by atomic mass is 9.79. The van der Waals surface area contributed by atoms with Crippen LogP contribution in [0.2, 0.25) is 0 Å². The molecule has 1 aliphatic heterocycles. The van der Waals surface area contributed by atoms with Gasteiger partial charge >= 0.3 is 0 Å². The molecule has 1 atom stereocenters. The van der Waals surface area contributed by atoms with E-state index < -0.39 is 0 Å². The molecule has 57 heavy (non-hydrogen) atoms. The highest BCUT2D eigenvalue weighted by Crippen LogP contribution is 2.38. The monoisotopic (exact) mass is 771 g/mol. The standard InChI is InChI=1S/C50H65N3O4/c1-49(2,3)39-32-38-33-40(50(4,5)6)35-42-46(38)41(34-39)47(56)53(48(42)57)30-22-14-12-10-8-7-9-11-13-21-29-51-44(54)27-28-45(55)52-43(37-25-19-16-20-26-37)31-36-23-17-15-18-24-36/h15-20,23-26,32-35,43H,7-14,21-22,27-31H2,1-6H3,(H,51,54)(H,52,55). The van der Waals surface area contributed by atoms with Gasteiger partial charge in [0.1, 0.15) is 0 Å². The Bertz CT molecular complexity index is 1910. The third-order valence-corrected chi connectivity index (χ3v) is 11.3. The summed E-state index contributed by atoms with van der Waals surface area (Å²) in [7, 11) is 0. The van der Waals surface area contributed by atoms with E-state index in [1.54, 1.807) is 0 Å². The number of nitrogens with one attached hydrogen (secondary N) is 2. The lowest BCUT2D eigenvalue weighted by Crippen LogP contribution is -2.41. The number of carbonyl (C=O) groups excluding carboxylic acids is 4. The Morgan fingerprint density at radius 3 is 1.60 bits per heavy atom. The first kappa shape index (κ1) is 43.3. The van der Waals surface area contributed by atoms with Crippen LogP contribution in [-0.2, 0) is 26.8 Å². The van der Waals surface area contributed by atoms with E-state index in [9.17, 15) is 19.2 Å². The second-order valence-corrected chi connectivity index (χ2v) is 18.0. The van der Waals surface area contributed by atoms with Crippen molar-refractivity contribution in [3.63, 3.8) is 0 Å². The van der Waals surface area contributed by atoms with Crippen LogP contribution in [0.1, 0.15) is 168 Å². The topological polar surface area (TPSA) is 95.6 Å². The molecular weight excluding hydrogens is 707 g/mol. The number of benzene rings is 4. The van der Waals surface area contributed by atoms with Gasteiger partial charge in [0.05, 0.1) is 6.04 Å². The quantitative estimate of drug-likeness (QED) is 0.0691. The van der Waals surface area contributed by atoms with Crippen molar-refractivity contribution in [2.45, 2.75) is 142 Å². The zero-order chi connectivity index (χ0) is 41.0. The van der Waals surface area contributed by atoms with E-state index in [-0.39, 0.29) is 53.3 Å². The van der Waals surface area contributed by atoms with Crippen LogP contribution in [0.25, 0.3) is 10.8 Å². The van der Waals surface area contributed by atoms with Crippen molar-refractivity contribution in [1.29, 1.82) is 0 Å². The van der Waals surface area contributed by atoms with Crippen LogP contribution in [0.4, 0.5) is 0 Å². The van der Waals surface area contributed by atoms with Crippen LogP contribution < -0.4 is 10.6 Å². The van der Waals surface area contributed by atoms with Gasteiger partial charge in [-0.2, -0.15) is 0 Å². The molecule has 0 aliphatic carbocycles. The van der Waals surface area contributed by atoms with Crippen LogP contribution in [0.3, 0.4) is 0 Å². The van der Waals surface area contributed by atoms with Crippen LogP contribution >= 0.6 is 0 Å². The average molecular weight is 772 g/mol. The van der Waals surface area contributed by atoms with Crippen molar-refractivity contribution < 1.29 is 19.2 Å². The number of carbonyl (C=O) groups is 4. The van der Waals surface area contributed by atoms with Gasteiger partial charge in [-0.3, -0.25) is 24.1 Å². The normalized spacial score (nSPS) is 13.5. The summed E-state index contributed by atoms with van der Waals surface area (Å²) in [5, 5.41) is 7.91. The third kappa shape index (κ3) is 12.4. The molecule has 7 heteroatoms. The maximum Gasteiger partial charge on any atom is 0.261 e. The van der Waals surface area contributed by atoms with Crippen molar-refractivity contribution in [1.82, 2.24) is 15.5 Å². The Morgan fingerprint density at radius 1 is 0.596 bits per heavy atom. The van der Waals surface area contributed by atoms with Gasteiger partial charge in [0, 0.05) is 42.4 Å². The molecule has 0 radical (unpaired) electrons. The molecule has 0 spiro atoms. The van der Waals surface area contributed by atoms with E-state index in [1.807, 2.05) is 60.7 Å². The highest BCUT2D eigenvalue weighted by atomic mass is 16.2. The summed E-state index contributed by atoms with van der Waals surface area (Å²) in [6.45, 7) is 14.1. The van der Waals surface area contributed by atoms with Crippen LogP contribution in [0, 0.1) is 0 Å². The Labute approximate surface area is 341 Å². The minimum Gasteiger partial charge on any atom is -0.356 e. The van der Waals surface area contributed by atoms with Crippen molar-refractivity contribution in [2.75, 3.05) is 13.1 Å². The molecule has 4 aromatic carbocycles. The average Bonchev–Trinajstić information content (AvgIpc) is 3.18. The molecule has 4 aromatic rings. The van der Waals surface area contributed by atoms with Gasteiger partial charge in [0.2, 0.25) is 11.8 Å². The van der Waals surface area contributed by atoms with Gasteiger partial charge in [-0.25, -0.2) is 0 Å². The molecule has 0 saturated heterocycles. The fourth-order valence-electron chi connectivity index (χ4n) is 7.71. The minimum absolute atomic E-state index is 0.0787. The third-order valence-electron chi connectivity index (χ3n) is 11.3. The molecule has 0 fully saturated rings. The van der Waals surface area contributed by atoms with Crippen LogP contribution in [0.15, 0.2) is 84.9 Å². The van der Waals surface area contributed by atoms with E-state index in [4.69, 9.17) is 0 Å². The predicted octanol–water partition coefficient (Wildman–Crippen LogP) is 10.9. The maximum absolute atomic E-state index is 13.8. The molecule has 0 saturated carbocycles. The molecule has 4 amide bonds. The fraction of sp³-hybridized carbons (Fsp3) is 0.480.